The summed E-state index contributed by atoms with van der Waals surface area (Å²) in [5.74, 6) is 0. The fraction of sp³-hybridized carbons (Fsp3) is 0.538. The van der Waals surface area contributed by atoms with Gasteiger partial charge in [-0.05, 0) is 6.42 Å². The molecule has 0 aliphatic heterocycles. The molecule has 0 saturated carbocycles. The number of ether oxygens (including phenoxy) is 2. The van der Waals surface area contributed by atoms with Gasteiger partial charge in [0, 0.05) is 32.4 Å². The summed E-state index contributed by atoms with van der Waals surface area (Å²) < 4.78 is 48.2. The van der Waals surface area contributed by atoms with Gasteiger partial charge in [0.1, 0.15) is 0 Å². The minimum Gasteiger partial charge on any atom is -0.382 e. The number of nitro benzene ring substituents is 2. The van der Waals surface area contributed by atoms with Gasteiger partial charge in [-0.2, -0.15) is 13.2 Å². The highest BCUT2D eigenvalue weighted by Crippen LogP contribution is 2.41. The van der Waals surface area contributed by atoms with Crippen molar-refractivity contribution in [3.05, 3.63) is 37.9 Å². The van der Waals surface area contributed by atoms with E-state index in [1.165, 1.54) is 7.11 Å². The predicted molar refractivity (Wildman–Crippen MR) is 80.6 cm³/mol. The number of anilines is 1. The summed E-state index contributed by atoms with van der Waals surface area (Å²) in [5.41, 5.74) is -4.05. The molecule has 1 aromatic rings. The maximum absolute atomic E-state index is 12.8. The highest BCUT2D eigenvalue weighted by molar-refractivity contribution is 5.75. The number of hydrogen-bond donors (Lipinski definition) is 1. The Labute approximate surface area is 140 Å². The number of nitrogens with zero attached hydrogens (tertiary/aromatic N) is 2. The molecular formula is C13H16F3N3O6. The van der Waals surface area contributed by atoms with E-state index in [4.69, 9.17) is 9.47 Å². The minimum atomic E-state index is -4.94. The van der Waals surface area contributed by atoms with Crippen LogP contribution in [-0.4, -0.2) is 43.3 Å². The third kappa shape index (κ3) is 6.15. The molecule has 0 saturated heterocycles. The third-order valence-corrected chi connectivity index (χ3v) is 3.02. The van der Waals surface area contributed by atoms with Gasteiger partial charge >= 0.3 is 6.18 Å². The molecule has 0 amide bonds. The van der Waals surface area contributed by atoms with Crippen molar-refractivity contribution in [1.29, 1.82) is 0 Å². The van der Waals surface area contributed by atoms with Crippen LogP contribution in [0.25, 0.3) is 0 Å². The fourth-order valence-corrected chi connectivity index (χ4v) is 1.88. The standard InChI is InChI=1S/C13H16F3N3O6/c1-24-5-6-25-4-2-3-17-12-10(18(20)21)7-9(13(14,15)16)8-11(12)19(22)23/h7-8,17H,2-6H2,1H3. The van der Waals surface area contributed by atoms with Crippen LogP contribution in [0.1, 0.15) is 12.0 Å². The van der Waals surface area contributed by atoms with E-state index in [-0.39, 0.29) is 25.3 Å². The molecule has 12 heteroatoms. The van der Waals surface area contributed by atoms with Crippen LogP contribution in [0, 0.1) is 20.2 Å². The number of methoxy groups -OCH3 is 1. The average molecular weight is 367 g/mol. The number of benzene rings is 1. The molecule has 1 aromatic carbocycles. The van der Waals surface area contributed by atoms with Crippen molar-refractivity contribution in [2.75, 3.05) is 38.8 Å². The normalized spacial score (nSPS) is 11.4. The van der Waals surface area contributed by atoms with E-state index in [9.17, 15) is 33.4 Å². The maximum Gasteiger partial charge on any atom is 0.416 e. The molecule has 0 aliphatic carbocycles. The van der Waals surface area contributed by atoms with E-state index in [1.807, 2.05) is 0 Å². The lowest BCUT2D eigenvalue weighted by Gasteiger charge is -2.11. The van der Waals surface area contributed by atoms with Crippen molar-refractivity contribution in [2.45, 2.75) is 12.6 Å². The van der Waals surface area contributed by atoms with Crippen molar-refractivity contribution < 1.29 is 32.5 Å². The fourth-order valence-electron chi connectivity index (χ4n) is 1.88. The SMILES string of the molecule is COCCOCCCNc1c([N+](=O)[O-])cc(C(F)(F)F)cc1[N+](=O)[O-]. The van der Waals surface area contributed by atoms with Crippen molar-refractivity contribution in [2.24, 2.45) is 0 Å². The molecule has 0 unspecified atom stereocenters. The van der Waals surface area contributed by atoms with Crippen LogP contribution in [0.4, 0.5) is 30.2 Å². The maximum atomic E-state index is 12.8. The van der Waals surface area contributed by atoms with Crippen molar-refractivity contribution in [3.8, 4) is 0 Å². The van der Waals surface area contributed by atoms with Gasteiger partial charge in [-0.1, -0.05) is 0 Å². The summed E-state index contributed by atoms with van der Waals surface area (Å²) in [6, 6.07) is 0.537. The molecule has 25 heavy (non-hydrogen) atoms. The number of hydrogen-bond acceptors (Lipinski definition) is 7. The Kier molecular flexibility index (Phi) is 7.51. The summed E-state index contributed by atoms with van der Waals surface area (Å²) in [6.07, 6.45) is -4.61. The van der Waals surface area contributed by atoms with E-state index < -0.39 is 38.6 Å². The Balaban J connectivity index is 2.96. The van der Waals surface area contributed by atoms with Gasteiger partial charge in [-0.15, -0.1) is 0 Å². The minimum absolute atomic E-state index is 0.0417. The van der Waals surface area contributed by atoms with E-state index in [0.717, 1.165) is 0 Å². The van der Waals surface area contributed by atoms with Gasteiger partial charge in [0.05, 0.1) is 28.6 Å². The van der Waals surface area contributed by atoms with Crippen LogP contribution in [0.5, 0.6) is 0 Å². The molecule has 0 spiro atoms. The van der Waals surface area contributed by atoms with Gasteiger partial charge in [0.2, 0.25) is 0 Å². The monoisotopic (exact) mass is 367 g/mol. The second kappa shape index (κ2) is 9.13. The number of rotatable bonds is 10. The van der Waals surface area contributed by atoms with E-state index in [1.54, 1.807) is 0 Å². The van der Waals surface area contributed by atoms with Gasteiger partial charge in [-0.25, -0.2) is 0 Å². The number of halogens is 3. The van der Waals surface area contributed by atoms with Crippen LogP contribution >= 0.6 is 0 Å². The molecular weight excluding hydrogens is 351 g/mol. The van der Waals surface area contributed by atoms with Crippen LogP contribution in [0.3, 0.4) is 0 Å². The largest absolute Gasteiger partial charge is 0.416 e. The van der Waals surface area contributed by atoms with E-state index in [0.29, 0.717) is 19.6 Å². The van der Waals surface area contributed by atoms with E-state index >= 15 is 0 Å². The Bertz CT molecular complexity index is 589. The molecule has 1 rings (SSSR count). The first kappa shape index (κ1) is 20.6. The lowest BCUT2D eigenvalue weighted by Crippen LogP contribution is -2.13. The molecule has 0 atom stereocenters. The second-order valence-electron chi connectivity index (χ2n) is 4.79. The van der Waals surface area contributed by atoms with Crippen molar-refractivity contribution in [3.63, 3.8) is 0 Å². The quantitative estimate of drug-likeness (QED) is 0.384. The first-order valence-corrected chi connectivity index (χ1v) is 7.03. The van der Waals surface area contributed by atoms with Crippen LogP contribution in [0.2, 0.25) is 0 Å². The summed E-state index contributed by atoms with van der Waals surface area (Å²) in [7, 11) is 1.49. The lowest BCUT2D eigenvalue weighted by molar-refractivity contribution is -0.392. The van der Waals surface area contributed by atoms with Crippen molar-refractivity contribution in [1.82, 2.24) is 0 Å². The lowest BCUT2D eigenvalue weighted by atomic mass is 10.1. The van der Waals surface area contributed by atoms with Gasteiger partial charge < -0.3 is 14.8 Å². The third-order valence-electron chi connectivity index (χ3n) is 3.02. The smallest absolute Gasteiger partial charge is 0.382 e. The Morgan fingerprint density at radius 2 is 1.64 bits per heavy atom. The van der Waals surface area contributed by atoms with Crippen LogP contribution < -0.4 is 5.32 Å². The summed E-state index contributed by atoms with van der Waals surface area (Å²) in [4.78, 5) is 19.8. The summed E-state index contributed by atoms with van der Waals surface area (Å²) >= 11 is 0. The molecule has 0 fully saturated rings. The Morgan fingerprint density at radius 3 is 2.08 bits per heavy atom. The molecule has 0 bridgehead atoms. The highest BCUT2D eigenvalue weighted by atomic mass is 19.4. The number of nitro groups is 2. The number of alkyl halides is 3. The van der Waals surface area contributed by atoms with Gasteiger partial charge in [0.25, 0.3) is 11.4 Å². The average Bonchev–Trinajstić information content (AvgIpc) is 2.52. The molecule has 0 heterocycles. The van der Waals surface area contributed by atoms with Crippen LogP contribution in [0.15, 0.2) is 12.1 Å². The zero-order valence-corrected chi connectivity index (χ0v) is 13.2. The highest BCUT2D eigenvalue weighted by Gasteiger charge is 2.37. The summed E-state index contributed by atoms with van der Waals surface area (Å²) in [6.45, 7) is 0.999. The molecule has 0 aromatic heterocycles. The van der Waals surface area contributed by atoms with E-state index in [2.05, 4.69) is 5.32 Å². The molecule has 1 N–H and O–H groups in total. The predicted octanol–water partition coefficient (Wildman–Crippen LogP) is 2.99. The Morgan fingerprint density at radius 1 is 1.08 bits per heavy atom. The molecule has 9 nitrogen and oxygen atoms in total. The molecule has 0 aliphatic rings. The zero-order valence-electron chi connectivity index (χ0n) is 13.2. The first-order valence-electron chi connectivity index (χ1n) is 7.03. The van der Waals surface area contributed by atoms with Crippen LogP contribution in [-0.2, 0) is 15.7 Å². The second-order valence-corrected chi connectivity index (χ2v) is 4.79. The van der Waals surface area contributed by atoms with Crippen molar-refractivity contribution >= 4 is 17.1 Å². The van der Waals surface area contributed by atoms with Gasteiger partial charge in [-0.3, -0.25) is 20.2 Å². The van der Waals surface area contributed by atoms with Gasteiger partial charge in [0.15, 0.2) is 5.69 Å². The topological polar surface area (TPSA) is 117 Å². The molecule has 0 radical (unpaired) electrons. The molecule has 140 valence electrons. The Hall–Kier alpha value is -2.47. The summed E-state index contributed by atoms with van der Waals surface area (Å²) in [5, 5.41) is 24.5. The zero-order chi connectivity index (χ0) is 19.0. The number of nitrogens with one attached hydrogen (secondary N) is 1. The first-order chi connectivity index (χ1) is 11.7.